The first-order valence-corrected chi connectivity index (χ1v) is 16.5. The highest BCUT2D eigenvalue weighted by Crippen LogP contribution is 2.51. The highest BCUT2D eigenvalue weighted by molar-refractivity contribution is 5.90. The molecule has 0 aromatic heterocycles. The third-order valence-electron chi connectivity index (χ3n) is 10.8. The number of hydrogen-bond donors (Lipinski definition) is 0. The normalized spacial score (nSPS) is 18.5. The number of rotatable bonds is 3. The largest absolute Gasteiger partial charge is 0.0761 e. The summed E-state index contributed by atoms with van der Waals surface area (Å²) >= 11 is 0. The van der Waals surface area contributed by atoms with Crippen LogP contribution in [0.25, 0.3) is 55.8 Å². The Balaban J connectivity index is 1.10. The van der Waals surface area contributed by atoms with Gasteiger partial charge in [0.2, 0.25) is 0 Å². The van der Waals surface area contributed by atoms with Crippen molar-refractivity contribution < 1.29 is 0 Å². The van der Waals surface area contributed by atoms with Crippen LogP contribution in [0.3, 0.4) is 0 Å². The van der Waals surface area contributed by atoms with Gasteiger partial charge in [0.05, 0.1) is 0 Å². The fraction of sp³-hybridized carbons (Fsp3) is 0.130. The molecule has 0 saturated heterocycles. The Morgan fingerprint density at radius 1 is 0.543 bits per heavy atom. The van der Waals surface area contributed by atoms with Gasteiger partial charge in [-0.2, -0.15) is 0 Å². The van der Waals surface area contributed by atoms with Gasteiger partial charge in [0.15, 0.2) is 0 Å². The zero-order valence-corrected chi connectivity index (χ0v) is 26.6. The van der Waals surface area contributed by atoms with Crippen molar-refractivity contribution in [3.05, 3.63) is 178 Å². The summed E-state index contributed by atoms with van der Waals surface area (Å²) in [6.45, 7) is 6.97. The smallest absolute Gasteiger partial charge is 0.0159 e. The summed E-state index contributed by atoms with van der Waals surface area (Å²) in [6, 6.07) is 45.7. The average molecular weight is 589 g/mol. The van der Waals surface area contributed by atoms with E-state index in [2.05, 4.69) is 172 Å². The Labute approximate surface area is 271 Å². The lowest BCUT2D eigenvalue weighted by Crippen LogP contribution is -2.35. The van der Waals surface area contributed by atoms with Crippen LogP contribution in [-0.4, -0.2) is 0 Å². The molecule has 6 aromatic carbocycles. The summed E-state index contributed by atoms with van der Waals surface area (Å²) in [7, 11) is 0. The molecule has 6 aromatic rings. The average Bonchev–Trinajstić information content (AvgIpc) is 3.32. The van der Waals surface area contributed by atoms with Gasteiger partial charge in [0.1, 0.15) is 0 Å². The van der Waals surface area contributed by atoms with E-state index in [0.717, 1.165) is 0 Å². The molecule has 0 nitrogen and oxygen atoms in total. The second-order valence-corrected chi connectivity index (χ2v) is 13.8. The van der Waals surface area contributed by atoms with Crippen molar-refractivity contribution in [2.75, 3.05) is 0 Å². The summed E-state index contributed by atoms with van der Waals surface area (Å²) in [5, 5.41) is 5.27. The van der Waals surface area contributed by atoms with E-state index in [1.54, 1.807) is 0 Å². The maximum Gasteiger partial charge on any atom is 0.0159 e. The van der Waals surface area contributed by atoms with Gasteiger partial charge >= 0.3 is 0 Å². The Bertz CT molecular complexity index is 2410. The molecular formula is C46H36. The number of allylic oxidation sites excluding steroid dienone is 4. The van der Waals surface area contributed by atoms with Gasteiger partial charge in [-0.25, -0.2) is 0 Å². The van der Waals surface area contributed by atoms with Crippen LogP contribution in [-0.2, 0) is 5.41 Å². The molecule has 3 aliphatic carbocycles. The van der Waals surface area contributed by atoms with Crippen LogP contribution in [0.15, 0.2) is 146 Å². The molecule has 46 heavy (non-hydrogen) atoms. The van der Waals surface area contributed by atoms with Crippen molar-refractivity contribution >= 4 is 22.4 Å². The topological polar surface area (TPSA) is 0 Å². The third kappa shape index (κ3) is 4.13. The van der Waals surface area contributed by atoms with E-state index in [1.165, 1.54) is 82.4 Å². The maximum absolute atomic E-state index is 2.47. The molecule has 0 radical (unpaired) electrons. The van der Waals surface area contributed by atoms with E-state index < -0.39 is 0 Å². The molecule has 0 aliphatic heterocycles. The summed E-state index contributed by atoms with van der Waals surface area (Å²) in [5.41, 5.74) is 14.7. The van der Waals surface area contributed by atoms with E-state index in [4.69, 9.17) is 0 Å². The summed E-state index contributed by atoms with van der Waals surface area (Å²) in [5.74, 6) is 0.662. The van der Waals surface area contributed by atoms with Crippen molar-refractivity contribution in [3.63, 3.8) is 0 Å². The zero-order chi connectivity index (χ0) is 31.0. The summed E-state index contributed by atoms with van der Waals surface area (Å²) in [6.07, 6.45) is 11.5. The molecular weight excluding hydrogens is 553 g/mol. The third-order valence-corrected chi connectivity index (χ3v) is 10.8. The minimum absolute atomic E-state index is 0.0767. The van der Waals surface area contributed by atoms with Crippen LogP contribution < -0.4 is 10.4 Å². The number of aryl methyl sites for hydroxylation is 1. The van der Waals surface area contributed by atoms with E-state index in [0.29, 0.717) is 11.8 Å². The van der Waals surface area contributed by atoms with Crippen molar-refractivity contribution in [2.24, 2.45) is 5.92 Å². The lowest BCUT2D eigenvalue weighted by atomic mass is 9.75. The minimum atomic E-state index is -0.0767. The molecule has 2 atom stereocenters. The molecule has 220 valence electrons. The predicted molar refractivity (Wildman–Crippen MR) is 195 cm³/mol. The molecule has 9 rings (SSSR count). The van der Waals surface area contributed by atoms with Gasteiger partial charge in [0.25, 0.3) is 0 Å². The molecule has 0 N–H and O–H groups in total. The molecule has 0 spiro atoms. The summed E-state index contributed by atoms with van der Waals surface area (Å²) < 4.78 is 0. The molecule has 0 heteroatoms. The van der Waals surface area contributed by atoms with Crippen LogP contribution in [0, 0.1) is 12.8 Å². The standard InChI is InChI=1S/C46H36/c1-29-10-4-6-12-37(29)35-21-23-42-41-22-20-32(27-44(41)46(2,3)45(42)28-35)31-18-16-30-17-19-34(25-36(30)24-31)43-26-33-11-5-7-13-38(33)39-14-8-9-15-40(39)43/h4-28,40,43H,1-3H3. The highest BCUT2D eigenvalue weighted by atomic mass is 14.4. The zero-order valence-electron chi connectivity index (χ0n) is 26.6. The fourth-order valence-electron chi connectivity index (χ4n) is 8.28. The van der Waals surface area contributed by atoms with Gasteiger partial charge < -0.3 is 0 Å². The first-order chi connectivity index (χ1) is 22.5. The Hall–Kier alpha value is -5.20. The first-order valence-electron chi connectivity index (χ1n) is 16.5. The molecule has 0 amide bonds. The SMILES string of the molecule is Cc1ccccc1-c1ccc2c(c1)C(C)(C)c1cc(-c3ccc4ccc(C5C=c6ccccc6=C6C=CC=CC65)cc4c3)ccc1-2. The predicted octanol–water partition coefficient (Wildman–Crippen LogP) is 10.3. The maximum atomic E-state index is 2.47. The Kier molecular flexibility index (Phi) is 5.99. The molecule has 0 bridgehead atoms. The van der Waals surface area contributed by atoms with Gasteiger partial charge in [-0.3, -0.25) is 0 Å². The molecule has 0 saturated carbocycles. The van der Waals surface area contributed by atoms with Gasteiger partial charge in [0, 0.05) is 17.3 Å². The van der Waals surface area contributed by atoms with Crippen molar-refractivity contribution in [1.82, 2.24) is 0 Å². The van der Waals surface area contributed by atoms with Gasteiger partial charge in [-0.1, -0.05) is 147 Å². The summed E-state index contributed by atoms with van der Waals surface area (Å²) in [4.78, 5) is 0. The van der Waals surface area contributed by atoms with Crippen molar-refractivity contribution in [2.45, 2.75) is 32.1 Å². The second-order valence-electron chi connectivity index (χ2n) is 13.8. The first kappa shape index (κ1) is 27.1. The lowest BCUT2D eigenvalue weighted by molar-refractivity contribution is 0.661. The number of hydrogen-bond acceptors (Lipinski definition) is 0. The van der Waals surface area contributed by atoms with Crippen molar-refractivity contribution in [1.29, 1.82) is 0 Å². The highest BCUT2D eigenvalue weighted by Gasteiger charge is 2.36. The lowest BCUT2D eigenvalue weighted by Gasteiger charge is -2.29. The molecule has 0 heterocycles. The molecule has 0 fully saturated rings. The van der Waals surface area contributed by atoms with Gasteiger partial charge in [-0.05, 0) is 108 Å². The number of benzene rings is 6. The van der Waals surface area contributed by atoms with Crippen LogP contribution in [0.4, 0.5) is 0 Å². The second kappa shape index (κ2) is 10.2. The Morgan fingerprint density at radius 2 is 1.24 bits per heavy atom. The quantitative estimate of drug-likeness (QED) is 0.193. The van der Waals surface area contributed by atoms with Crippen molar-refractivity contribution in [3.8, 4) is 33.4 Å². The fourth-order valence-corrected chi connectivity index (χ4v) is 8.28. The van der Waals surface area contributed by atoms with E-state index in [-0.39, 0.29) is 5.41 Å². The van der Waals surface area contributed by atoms with E-state index in [9.17, 15) is 0 Å². The van der Waals surface area contributed by atoms with E-state index >= 15 is 0 Å². The Morgan fingerprint density at radius 3 is 2.09 bits per heavy atom. The molecule has 2 unspecified atom stereocenters. The van der Waals surface area contributed by atoms with E-state index in [1.807, 2.05) is 0 Å². The van der Waals surface area contributed by atoms with Crippen LogP contribution >= 0.6 is 0 Å². The number of fused-ring (bicyclic) bond motifs is 6. The van der Waals surface area contributed by atoms with Gasteiger partial charge in [-0.15, -0.1) is 0 Å². The molecule has 3 aliphatic rings. The minimum Gasteiger partial charge on any atom is -0.0761 e. The van der Waals surface area contributed by atoms with Crippen LogP contribution in [0.5, 0.6) is 0 Å². The van der Waals surface area contributed by atoms with Crippen LogP contribution in [0.2, 0.25) is 0 Å². The van der Waals surface area contributed by atoms with Crippen LogP contribution in [0.1, 0.15) is 42.0 Å². The monoisotopic (exact) mass is 588 g/mol.